The van der Waals surface area contributed by atoms with Gasteiger partial charge < -0.3 is 14.8 Å². The molecule has 0 spiro atoms. The van der Waals surface area contributed by atoms with Crippen molar-refractivity contribution < 1.29 is 14.3 Å². The van der Waals surface area contributed by atoms with E-state index in [2.05, 4.69) is 31.6 Å². The van der Waals surface area contributed by atoms with Crippen LogP contribution in [0.5, 0.6) is 11.5 Å². The van der Waals surface area contributed by atoms with E-state index in [0.29, 0.717) is 17.2 Å². The van der Waals surface area contributed by atoms with E-state index in [0.717, 1.165) is 15.7 Å². The predicted octanol–water partition coefficient (Wildman–Crippen LogP) is 3.85. The number of carbonyl (C=O) groups excluding carboxylic acids is 1. The van der Waals surface area contributed by atoms with Gasteiger partial charge in [-0.1, -0.05) is 27.2 Å². The molecule has 0 radical (unpaired) electrons. The van der Waals surface area contributed by atoms with Crippen LogP contribution in [0.4, 0.5) is 0 Å². The molecule has 1 atom stereocenters. The quantitative estimate of drug-likeness (QED) is 0.624. The van der Waals surface area contributed by atoms with Crippen molar-refractivity contribution in [3.05, 3.63) is 63.9 Å². The second-order valence-electron chi connectivity index (χ2n) is 6.22. The number of hydrogen-bond acceptors (Lipinski definition) is 5. The summed E-state index contributed by atoms with van der Waals surface area (Å²) in [6.45, 7) is 3.71. The number of hydrogen-bond donors (Lipinski definition) is 1. The van der Waals surface area contributed by atoms with Crippen LogP contribution in [0.25, 0.3) is 5.69 Å². The van der Waals surface area contributed by atoms with E-state index in [9.17, 15) is 4.79 Å². The average Bonchev–Trinajstić information content (AvgIpc) is 3.09. The van der Waals surface area contributed by atoms with Crippen LogP contribution in [0.1, 0.15) is 34.7 Å². The van der Waals surface area contributed by atoms with Gasteiger partial charge in [0.05, 0.1) is 31.6 Å². The Morgan fingerprint density at radius 3 is 2.43 bits per heavy atom. The highest BCUT2D eigenvalue weighted by Crippen LogP contribution is 2.30. The lowest BCUT2D eigenvalue weighted by atomic mass is 10.1. The molecule has 28 heavy (non-hydrogen) atoms. The Hall–Kier alpha value is -2.87. The Labute approximate surface area is 171 Å². The zero-order valence-electron chi connectivity index (χ0n) is 16.1. The third-order valence-electron chi connectivity index (χ3n) is 4.44. The minimum Gasteiger partial charge on any atom is -0.493 e. The average molecular weight is 445 g/mol. The number of ether oxygens (including phenoxy) is 2. The molecule has 1 aromatic heterocycles. The first-order valence-corrected chi connectivity index (χ1v) is 9.45. The molecule has 0 aliphatic rings. The lowest BCUT2D eigenvalue weighted by Gasteiger charge is -2.16. The molecule has 0 fully saturated rings. The van der Waals surface area contributed by atoms with Gasteiger partial charge in [-0.2, -0.15) is 0 Å². The molecule has 0 aliphatic carbocycles. The summed E-state index contributed by atoms with van der Waals surface area (Å²) in [4.78, 5) is 12.7. The highest BCUT2D eigenvalue weighted by molar-refractivity contribution is 9.10. The van der Waals surface area contributed by atoms with Crippen LogP contribution < -0.4 is 14.8 Å². The molecule has 3 aromatic rings. The first kappa shape index (κ1) is 19.9. The van der Waals surface area contributed by atoms with Gasteiger partial charge in [-0.15, -0.1) is 5.10 Å². The lowest BCUT2D eigenvalue weighted by Crippen LogP contribution is -2.27. The normalized spacial score (nSPS) is 11.8. The summed E-state index contributed by atoms with van der Waals surface area (Å²) in [5.74, 6) is 0.958. The molecule has 0 aliphatic heterocycles. The summed E-state index contributed by atoms with van der Waals surface area (Å²) >= 11 is 3.41. The van der Waals surface area contributed by atoms with Crippen molar-refractivity contribution in [3.63, 3.8) is 0 Å². The third-order valence-corrected chi connectivity index (χ3v) is 4.96. The number of aromatic nitrogens is 3. The summed E-state index contributed by atoms with van der Waals surface area (Å²) in [5.41, 5.74) is 2.68. The second kappa shape index (κ2) is 8.43. The molecule has 0 saturated heterocycles. The van der Waals surface area contributed by atoms with Crippen LogP contribution >= 0.6 is 15.9 Å². The number of methoxy groups -OCH3 is 2. The minimum atomic E-state index is -0.289. The maximum atomic E-state index is 12.7. The standard InChI is InChI=1S/C20H21BrN4O3/c1-12(14-5-10-17(27-3)18(11-14)28-4)22-20(26)19-13(2)25(24-23-19)16-8-6-15(21)7-9-16/h5-12H,1-4H3,(H,22,26)/t12-/m0/s1. The number of halogens is 1. The lowest BCUT2D eigenvalue weighted by molar-refractivity contribution is 0.0934. The molecule has 1 N–H and O–H groups in total. The first-order valence-electron chi connectivity index (χ1n) is 8.65. The SMILES string of the molecule is COc1ccc([C@H](C)NC(=O)c2nnn(-c3ccc(Br)cc3)c2C)cc1OC. The molecule has 3 rings (SSSR count). The van der Waals surface area contributed by atoms with E-state index in [4.69, 9.17) is 9.47 Å². The summed E-state index contributed by atoms with van der Waals surface area (Å²) in [6, 6.07) is 12.9. The minimum absolute atomic E-state index is 0.246. The summed E-state index contributed by atoms with van der Waals surface area (Å²) in [5, 5.41) is 11.1. The molecule has 146 valence electrons. The van der Waals surface area contributed by atoms with E-state index in [1.165, 1.54) is 0 Å². The number of nitrogens with zero attached hydrogens (tertiary/aromatic N) is 3. The summed E-state index contributed by atoms with van der Waals surface area (Å²) in [7, 11) is 3.16. The van der Waals surface area contributed by atoms with Crippen LogP contribution in [-0.2, 0) is 0 Å². The van der Waals surface area contributed by atoms with Gasteiger partial charge in [-0.25, -0.2) is 4.68 Å². The molecule has 2 aromatic carbocycles. The van der Waals surface area contributed by atoms with Gasteiger partial charge in [-0.3, -0.25) is 4.79 Å². The fourth-order valence-electron chi connectivity index (χ4n) is 2.84. The van der Waals surface area contributed by atoms with Crippen molar-refractivity contribution in [2.24, 2.45) is 0 Å². The molecule has 0 bridgehead atoms. The van der Waals surface area contributed by atoms with Crippen molar-refractivity contribution in [1.29, 1.82) is 0 Å². The van der Waals surface area contributed by atoms with Gasteiger partial charge in [0, 0.05) is 4.47 Å². The molecule has 0 saturated carbocycles. The Morgan fingerprint density at radius 2 is 1.79 bits per heavy atom. The highest BCUT2D eigenvalue weighted by atomic mass is 79.9. The van der Waals surface area contributed by atoms with Gasteiger partial charge in [0.2, 0.25) is 0 Å². The zero-order chi connectivity index (χ0) is 20.3. The van der Waals surface area contributed by atoms with Gasteiger partial charge in [0.1, 0.15) is 0 Å². The maximum absolute atomic E-state index is 12.7. The monoisotopic (exact) mass is 444 g/mol. The van der Waals surface area contributed by atoms with Crippen LogP contribution in [0.3, 0.4) is 0 Å². The molecule has 8 heteroatoms. The largest absolute Gasteiger partial charge is 0.493 e. The van der Waals surface area contributed by atoms with Gasteiger partial charge >= 0.3 is 0 Å². The van der Waals surface area contributed by atoms with Crippen LogP contribution in [-0.4, -0.2) is 35.1 Å². The van der Waals surface area contributed by atoms with E-state index < -0.39 is 0 Å². The van der Waals surface area contributed by atoms with Crippen molar-refractivity contribution in [2.75, 3.05) is 14.2 Å². The third kappa shape index (κ3) is 4.01. The molecular formula is C20H21BrN4O3. The first-order chi connectivity index (χ1) is 13.4. The van der Waals surface area contributed by atoms with Crippen molar-refractivity contribution in [3.8, 4) is 17.2 Å². The zero-order valence-corrected chi connectivity index (χ0v) is 17.6. The van der Waals surface area contributed by atoms with Crippen molar-refractivity contribution >= 4 is 21.8 Å². The highest BCUT2D eigenvalue weighted by Gasteiger charge is 2.20. The number of amides is 1. The van der Waals surface area contributed by atoms with Crippen molar-refractivity contribution in [2.45, 2.75) is 19.9 Å². The Kier molecular flexibility index (Phi) is 5.99. The van der Waals surface area contributed by atoms with Gasteiger partial charge in [0.25, 0.3) is 5.91 Å². The Morgan fingerprint density at radius 1 is 1.11 bits per heavy atom. The topological polar surface area (TPSA) is 78.3 Å². The Bertz CT molecular complexity index is 986. The second-order valence-corrected chi connectivity index (χ2v) is 7.14. The van der Waals surface area contributed by atoms with E-state index in [-0.39, 0.29) is 17.6 Å². The molecular weight excluding hydrogens is 424 g/mol. The number of benzene rings is 2. The van der Waals surface area contributed by atoms with Gasteiger partial charge in [0.15, 0.2) is 17.2 Å². The molecule has 0 unspecified atom stereocenters. The van der Waals surface area contributed by atoms with Crippen molar-refractivity contribution in [1.82, 2.24) is 20.3 Å². The fourth-order valence-corrected chi connectivity index (χ4v) is 3.10. The number of nitrogens with one attached hydrogen (secondary N) is 1. The number of carbonyl (C=O) groups is 1. The van der Waals surface area contributed by atoms with E-state index >= 15 is 0 Å². The maximum Gasteiger partial charge on any atom is 0.274 e. The van der Waals surface area contributed by atoms with E-state index in [1.807, 2.05) is 56.3 Å². The van der Waals surface area contributed by atoms with Crippen LogP contribution in [0.2, 0.25) is 0 Å². The Balaban J connectivity index is 1.79. The predicted molar refractivity (Wildman–Crippen MR) is 109 cm³/mol. The van der Waals surface area contributed by atoms with Gasteiger partial charge in [-0.05, 0) is 55.8 Å². The molecule has 7 nitrogen and oxygen atoms in total. The van der Waals surface area contributed by atoms with Crippen LogP contribution in [0.15, 0.2) is 46.9 Å². The fraction of sp³-hybridized carbons (Fsp3) is 0.250. The van der Waals surface area contributed by atoms with Crippen LogP contribution in [0, 0.1) is 6.92 Å². The smallest absolute Gasteiger partial charge is 0.274 e. The molecule has 1 amide bonds. The number of rotatable bonds is 6. The summed E-state index contributed by atoms with van der Waals surface area (Å²) in [6.07, 6.45) is 0. The summed E-state index contributed by atoms with van der Waals surface area (Å²) < 4.78 is 13.2. The molecule has 1 heterocycles. The van der Waals surface area contributed by atoms with E-state index in [1.54, 1.807) is 18.9 Å².